The lowest BCUT2D eigenvalue weighted by Crippen LogP contribution is -2.28. The minimum absolute atomic E-state index is 0.274. The van der Waals surface area contributed by atoms with Crippen molar-refractivity contribution in [3.63, 3.8) is 0 Å². The lowest BCUT2D eigenvalue weighted by Gasteiger charge is -2.17. The van der Waals surface area contributed by atoms with Crippen LogP contribution in [0.1, 0.15) is 54.0 Å². The first-order valence-corrected chi connectivity index (χ1v) is 7.44. The Kier molecular flexibility index (Phi) is 7.36. The van der Waals surface area contributed by atoms with E-state index in [2.05, 4.69) is 57.9 Å². The zero-order valence-electron chi connectivity index (χ0n) is 14.1. The molecule has 0 amide bonds. The first kappa shape index (κ1) is 18.5. The van der Waals surface area contributed by atoms with Crippen LogP contribution in [0.5, 0.6) is 0 Å². The van der Waals surface area contributed by atoms with Gasteiger partial charge in [0.25, 0.3) is 0 Å². The van der Waals surface area contributed by atoms with Gasteiger partial charge in [-0.2, -0.15) is 0 Å². The van der Waals surface area contributed by atoms with Crippen LogP contribution in [-0.2, 0) is 5.41 Å². The van der Waals surface area contributed by atoms with Crippen LogP contribution in [0, 0.1) is 0 Å². The molecule has 0 unspecified atom stereocenters. The summed E-state index contributed by atoms with van der Waals surface area (Å²) in [6.45, 7) is 20.4. The minimum atomic E-state index is 0.274. The van der Waals surface area contributed by atoms with E-state index in [-0.39, 0.29) is 5.41 Å². The van der Waals surface area contributed by atoms with Gasteiger partial charge < -0.3 is 16.0 Å². The molecule has 0 fully saturated rings. The highest BCUT2D eigenvalue weighted by atomic mass is 15.2. The Morgan fingerprint density at radius 3 is 1.65 bits per heavy atom. The SMILES string of the molecule is CCN(CC)c1c(C(C)(C)C)c1=[N+](CC)CC.[N-]=[N+]=[N-]. The van der Waals surface area contributed by atoms with E-state index in [1.54, 1.807) is 5.56 Å². The molecule has 114 valence electrons. The standard InChI is InChI=1S/C15H29N2.N3/c1-8-16(9-2)13-12(15(5,6)7)14(13)17(10-3)11-4;1-3-2/h8-11H2,1-7H3;/q+1;-1. The third-order valence-electron chi connectivity index (χ3n) is 3.54. The number of hydrogen-bond donors (Lipinski definition) is 0. The number of hydrogen-bond acceptors (Lipinski definition) is 1. The van der Waals surface area contributed by atoms with Crippen LogP contribution in [0.15, 0.2) is 0 Å². The lowest BCUT2D eigenvalue weighted by molar-refractivity contribution is 0.582. The van der Waals surface area contributed by atoms with Crippen molar-refractivity contribution in [2.24, 2.45) is 0 Å². The first-order chi connectivity index (χ1) is 9.33. The molecule has 0 radical (unpaired) electrons. The number of anilines is 1. The van der Waals surface area contributed by atoms with Crippen LogP contribution >= 0.6 is 0 Å². The van der Waals surface area contributed by atoms with Crippen molar-refractivity contribution in [1.29, 1.82) is 0 Å². The monoisotopic (exact) mass is 279 g/mol. The van der Waals surface area contributed by atoms with E-state index in [1.807, 2.05) is 0 Å². The maximum absolute atomic E-state index is 6.75. The maximum atomic E-state index is 6.75. The van der Waals surface area contributed by atoms with E-state index in [0.717, 1.165) is 26.2 Å². The smallest absolute Gasteiger partial charge is 0.230 e. The summed E-state index contributed by atoms with van der Waals surface area (Å²) in [5.74, 6) is 0. The molecule has 20 heavy (non-hydrogen) atoms. The van der Waals surface area contributed by atoms with Crippen LogP contribution < -0.4 is 14.8 Å². The summed E-state index contributed by atoms with van der Waals surface area (Å²) in [6, 6.07) is 0. The zero-order valence-corrected chi connectivity index (χ0v) is 14.1. The van der Waals surface area contributed by atoms with Gasteiger partial charge >= 0.3 is 0 Å². The Hall–Kier alpha value is -1.48. The van der Waals surface area contributed by atoms with Gasteiger partial charge in [-0.3, -0.25) is 4.91 Å². The normalized spacial score (nSPS) is 10.8. The third-order valence-corrected chi connectivity index (χ3v) is 3.54. The van der Waals surface area contributed by atoms with Gasteiger partial charge in [0.1, 0.15) is 18.8 Å². The Morgan fingerprint density at radius 1 is 1.00 bits per heavy atom. The van der Waals surface area contributed by atoms with Crippen molar-refractivity contribution in [2.75, 3.05) is 31.1 Å². The average Bonchev–Trinajstić information content (AvgIpc) is 3.09. The quantitative estimate of drug-likeness (QED) is 0.352. The van der Waals surface area contributed by atoms with E-state index < -0.39 is 0 Å². The van der Waals surface area contributed by atoms with Gasteiger partial charge in [0.05, 0.1) is 5.56 Å². The highest BCUT2D eigenvalue weighted by molar-refractivity contribution is 5.68. The van der Waals surface area contributed by atoms with Gasteiger partial charge in [0, 0.05) is 13.1 Å². The molecule has 0 aliphatic carbocycles. The van der Waals surface area contributed by atoms with Gasteiger partial charge in [-0.25, -0.2) is 4.58 Å². The molecular weight excluding hydrogens is 250 g/mol. The second-order valence-electron chi connectivity index (χ2n) is 5.76. The lowest BCUT2D eigenvalue weighted by atomic mass is 9.93. The van der Waals surface area contributed by atoms with Crippen LogP contribution in [0.4, 0.5) is 5.69 Å². The van der Waals surface area contributed by atoms with Crippen LogP contribution in [0.2, 0.25) is 0 Å². The van der Waals surface area contributed by atoms with Crippen LogP contribution in [-0.4, -0.2) is 26.2 Å². The fourth-order valence-corrected chi connectivity index (χ4v) is 2.57. The van der Waals surface area contributed by atoms with Crippen molar-refractivity contribution < 1.29 is 0 Å². The van der Waals surface area contributed by atoms with Crippen molar-refractivity contribution in [3.05, 3.63) is 26.9 Å². The minimum Gasteiger partial charge on any atom is -0.373 e. The zero-order chi connectivity index (χ0) is 15.9. The molecular formula is C15H29N5. The predicted molar refractivity (Wildman–Crippen MR) is 87.5 cm³/mol. The molecule has 0 heterocycles. The Bertz CT molecular complexity index is 456. The Balaban J connectivity index is 0.00000110. The molecule has 1 rings (SSSR count). The molecule has 0 saturated carbocycles. The molecule has 0 bridgehead atoms. The molecule has 5 heteroatoms. The van der Waals surface area contributed by atoms with Crippen LogP contribution in [0.3, 0.4) is 0 Å². The second kappa shape index (κ2) is 7.95. The van der Waals surface area contributed by atoms with Gasteiger partial charge in [0.2, 0.25) is 5.36 Å². The van der Waals surface area contributed by atoms with E-state index in [9.17, 15) is 0 Å². The highest BCUT2D eigenvalue weighted by Gasteiger charge is 2.38. The molecule has 5 nitrogen and oxygen atoms in total. The van der Waals surface area contributed by atoms with Crippen molar-refractivity contribution >= 4 is 5.69 Å². The van der Waals surface area contributed by atoms with Gasteiger partial charge in [0.15, 0.2) is 0 Å². The second-order valence-corrected chi connectivity index (χ2v) is 5.76. The molecule has 0 N–H and O–H groups in total. The average molecular weight is 279 g/mol. The molecule has 0 aromatic heterocycles. The summed E-state index contributed by atoms with van der Waals surface area (Å²) in [4.78, 5) is 3.99. The fraction of sp³-hybridized carbons (Fsp3) is 0.800. The predicted octanol–water partition coefficient (Wildman–Crippen LogP) is 3.38. The van der Waals surface area contributed by atoms with Gasteiger partial charge in [-0.15, -0.1) is 0 Å². The van der Waals surface area contributed by atoms with Crippen molar-refractivity contribution in [2.45, 2.75) is 53.9 Å². The van der Waals surface area contributed by atoms with Crippen LogP contribution in [0.25, 0.3) is 16.0 Å². The van der Waals surface area contributed by atoms with E-state index in [4.69, 9.17) is 11.1 Å². The molecule has 0 spiro atoms. The Morgan fingerprint density at radius 2 is 1.40 bits per heavy atom. The van der Waals surface area contributed by atoms with E-state index >= 15 is 0 Å². The van der Waals surface area contributed by atoms with Gasteiger partial charge in [-0.05, 0) is 33.1 Å². The largest absolute Gasteiger partial charge is 0.373 e. The third kappa shape index (κ3) is 4.27. The summed E-state index contributed by atoms with van der Waals surface area (Å²) in [5.41, 5.74) is 16.9. The highest BCUT2D eigenvalue weighted by Crippen LogP contribution is 2.34. The molecule has 0 aliphatic rings. The summed E-state index contributed by atoms with van der Waals surface area (Å²) in [5, 5.41) is 1.52. The fourth-order valence-electron chi connectivity index (χ4n) is 2.57. The van der Waals surface area contributed by atoms with Crippen molar-refractivity contribution in [1.82, 2.24) is 4.58 Å². The topological polar surface area (TPSA) is 65.0 Å². The summed E-state index contributed by atoms with van der Waals surface area (Å²) in [7, 11) is 0. The summed E-state index contributed by atoms with van der Waals surface area (Å²) in [6.07, 6.45) is 0. The molecule has 0 aliphatic heterocycles. The number of rotatable bonds is 5. The molecule has 0 atom stereocenters. The number of nitrogens with zero attached hydrogens (tertiary/aromatic N) is 5. The van der Waals surface area contributed by atoms with Gasteiger partial charge in [-0.1, -0.05) is 20.8 Å². The van der Waals surface area contributed by atoms with E-state index in [1.165, 1.54) is 16.0 Å². The molecule has 0 saturated heterocycles. The molecule has 1 aromatic carbocycles. The summed E-state index contributed by atoms with van der Waals surface area (Å²) >= 11 is 0. The summed E-state index contributed by atoms with van der Waals surface area (Å²) < 4.78 is 2.49. The maximum Gasteiger partial charge on any atom is 0.230 e. The molecule has 1 aromatic rings. The first-order valence-electron chi connectivity index (χ1n) is 7.44. The van der Waals surface area contributed by atoms with Crippen molar-refractivity contribution in [3.8, 4) is 0 Å². The Labute approximate surface area is 123 Å². The van der Waals surface area contributed by atoms with E-state index in [0.29, 0.717) is 0 Å².